The molecular weight excluding hydrogens is 286 g/mol. The second-order valence-corrected chi connectivity index (χ2v) is 4.92. The Labute approximate surface area is 108 Å². The molecule has 1 heterocycles. The summed E-state index contributed by atoms with van der Waals surface area (Å²) in [5.74, 6) is -0.911. The van der Waals surface area contributed by atoms with Crippen molar-refractivity contribution in [3.05, 3.63) is 28.2 Å². The quantitative estimate of drug-likeness (QED) is 0.911. The fourth-order valence-electron chi connectivity index (χ4n) is 2.03. The lowest BCUT2D eigenvalue weighted by Crippen LogP contribution is -2.41. The minimum Gasteiger partial charge on any atom is -0.478 e. The molecule has 1 aliphatic heterocycles. The Bertz CT molecular complexity index is 436. The number of carboxylic acid groups (broad SMARTS) is 1. The van der Waals surface area contributed by atoms with Crippen LogP contribution in [-0.4, -0.2) is 36.9 Å². The molecule has 4 nitrogen and oxygen atoms in total. The van der Waals surface area contributed by atoms with Crippen molar-refractivity contribution in [1.82, 2.24) is 0 Å². The van der Waals surface area contributed by atoms with E-state index in [-0.39, 0.29) is 6.10 Å². The van der Waals surface area contributed by atoms with Gasteiger partial charge in [0.2, 0.25) is 0 Å². The minimum absolute atomic E-state index is 0.129. The van der Waals surface area contributed by atoms with Crippen LogP contribution in [0.2, 0.25) is 0 Å². The Kier molecular flexibility index (Phi) is 3.69. The number of nitrogens with zero attached hydrogens (tertiary/aromatic N) is 1. The molecule has 1 aliphatic rings. The van der Waals surface area contributed by atoms with Crippen LogP contribution in [0, 0.1) is 0 Å². The van der Waals surface area contributed by atoms with E-state index in [1.807, 2.05) is 19.1 Å². The largest absolute Gasteiger partial charge is 0.478 e. The van der Waals surface area contributed by atoms with Crippen LogP contribution in [0.25, 0.3) is 0 Å². The van der Waals surface area contributed by atoms with Gasteiger partial charge in [0.15, 0.2) is 0 Å². The van der Waals surface area contributed by atoms with E-state index in [0.717, 1.165) is 18.8 Å². The molecule has 5 heteroatoms. The molecule has 0 saturated carbocycles. The van der Waals surface area contributed by atoms with Crippen molar-refractivity contribution in [1.29, 1.82) is 0 Å². The summed E-state index contributed by atoms with van der Waals surface area (Å²) >= 11 is 3.29. The SMILES string of the molecule is CC1CN(c2cccc(Br)c2C(=O)O)CCO1. The Hall–Kier alpha value is -1.07. The lowest BCUT2D eigenvalue weighted by Gasteiger charge is -2.33. The van der Waals surface area contributed by atoms with Crippen molar-refractivity contribution in [2.75, 3.05) is 24.6 Å². The fraction of sp³-hybridized carbons (Fsp3) is 0.417. The maximum atomic E-state index is 11.3. The lowest BCUT2D eigenvalue weighted by molar-refractivity contribution is 0.0527. The molecule has 0 bridgehead atoms. The number of aromatic carboxylic acids is 1. The van der Waals surface area contributed by atoms with Gasteiger partial charge in [-0.3, -0.25) is 0 Å². The van der Waals surface area contributed by atoms with Crippen LogP contribution >= 0.6 is 15.9 Å². The van der Waals surface area contributed by atoms with Gasteiger partial charge in [0.1, 0.15) is 0 Å². The second kappa shape index (κ2) is 5.06. The van der Waals surface area contributed by atoms with Gasteiger partial charge in [-0.2, -0.15) is 0 Å². The van der Waals surface area contributed by atoms with Gasteiger partial charge < -0.3 is 14.7 Å². The average Bonchev–Trinajstić information content (AvgIpc) is 2.28. The molecule has 0 amide bonds. The molecule has 0 aliphatic carbocycles. The van der Waals surface area contributed by atoms with Gasteiger partial charge >= 0.3 is 5.97 Å². The highest BCUT2D eigenvalue weighted by Crippen LogP contribution is 2.29. The molecule has 2 rings (SSSR count). The van der Waals surface area contributed by atoms with Crippen molar-refractivity contribution >= 4 is 27.6 Å². The van der Waals surface area contributed by atoms with Crippen LogP contribution in [0.5, 0.6) is 0 Å². The van der Waals surface area contributed by atoms with Gasteiger partial charge in [-0.25, -0.2) is 4.79 Å². The summed E-state index contributed by atoms with van der Waals surface area (Å²) in [6, 6.07) is 5.44. The number of carbonyl (C=O) groups is 1. The fourth-order valence-corrected chi connectivity index (χ4v) is 2.55. The molecule has 0 spiro atoms. The van der Waals surface area contributed by atoms with Crippen LogP contribution in [0.1, 0.15) is 17.3 Å². The summed E-state index contributed by atoms with van der Waals surface area (Å²) < 4.78 is 6.07. The number of morpholine rings is 1. The first-order valence-corrected chi connectivity index (χ1v) is 6.27. The third kappa shape index (κ3) is 2.61. The van der Waals surface area contributed by atoms with E-state index in [2.05, 4.69) is 20.8 Å². The summed E-state index contributed by atoms with van der Waals surface area (Å²) in [5, 5.41) is 9.26. The summed E-state index contributed by atoms with van der Waals surface area (Å²) in [6.07, 6.45) is 0.129. The predicted molar refractivity (Wildman–Crippen MR) is 68.7 cm³/mol. The Morgan fingerprint density at radius 1 is 1.59 bits per heavy atom. The predicted octanol–water partition coefficient (Wildman–Crippen LogP) is 2.37. The van der Waals surface area contributed by atoms with Gasteiger partial charge in [0.05, 0.1) is 24.0 Å². The van der Waals surface area contributed by atoms with Gasteiger partial charge in [0, 0.05) is 17.6 Å². The molecular formula is C12H14BrNO3. The van der Waals surface area contributed by atoms with Gasteiger partial charge in [-0.05, 0) is 35.0 Å². The molecule has 1 aromatic carbocycles. The summed E-state index contributed by atoms with van der Waals surface area (Å²) in [6.45, 7) is 4.06. The number of benzene rings is 1. The highest BCUT2D eigenvalue weighted by atomic mass is 79.9. The molecule has 1 atom stereocenters. The highest BCUT2D eigenvalue weighted by Gasteiger charge is 2.23. The summed E-state index contributed by atoms with van der Waals surface area (Å²) in [4.78, 5) is 13.3. The van der Waals surface area contributed by atoms with E-state index in [1.54, 1.807) is 6.07 Å². The maximum absolute atomic E-state index is 11.3. The van der Waals surface area contributed by atoms with Crippen LogP contribution in [0.15, 0.2) is 22.7 Å². The Balaban J connectivity index is 2.37. The topological polar surface area (TPSA) is 49.8 Å². The van der Waals surface area contributed by atoms with E-state index in [0.29, 0.717) is 16.6 Å². The van der Waals surface area contributed by atoms with Crippen LogP contribution < -0.4 is 4.90 Å². The third-order valence-electron chi connectivity index (χ3n) is 2.79. The third-order valence-corrected chi connectivity index (χ3v) is 3.45. The van der Waals surface area contributed by atoms with Gasteiger partial charge in [-0.1, -0.05) is 6.07 Å². The molecule has 1 unspecified atom stereocenters. The van der Waals surface area contributed by atoms with Crippen molar-refractivity contribution < 1.29 is 14.6 Å². The van der Waals surface area contributed by atoms with E-state index in [9.17, 15) is 9.90 Å². The van der Waals surface area contributed by atoms with E-state index >= 15 is 0 Å². The first kappa shape index (κ1) is 12.4. The summed E-state index contributed by atoms with van der Waals surface area (Å²) in [7, 11) is 0. The molecule has 1 fully saturated rings. The van der Waals surface area contributed by atoms with Gasteiger partial charge in [-0.15, -0.1) is 0 Å². The number of carboxylic acids is 1. The Morgan fingerprint density at radius 2 is 2.35 bits per heavy atom. The zero-order valence-corrected chi connectivity index (χ0v) is 11.1. The first-order chi connectivity index (χ1) is 8.09. The smallest absolute Gasteiger partial charge is 0.338 e. The Morgan fingerprint density at radius 3 is 3.00 bits per heavy atom. The van der Waals surface area contributed by atoms with Crippen molar-refractivity contribution in [2.45, 2.75) is 13.0 Å². The van der Waals surface area contributed by atoms with Crippen LogP contribution in [-0.2, 0) is 4.74 Å². The number of halogens is 1. The van der Waals surface area contributed by atoms with Crippen LogP contribution in [0.3, 0.4) is 0 Å². The zero-order valence-electron chi connectivity index (χ0n) is 9.52. The molecule has 1 N–H and O–H groups in total. The van der Waals surface area contributed by atoms with E-state index in [1.165, 1.54) is 0 Å². The zero-order chi connectivity index (χ0) is 12.4. The molecule has 1 aromatic rings. The lowest BCUT2D eigenvalue weighted by atomic mass is 10.1. The maximum Gasteiger partial charge on any atom is 0.338 e. The standard InChI is InChI=1S/C12H14BrNO3/c1-8-7-14(5-6-17-8)10-4-2-3-9(13)11(10)12(15)16/h2-4,8H,5-7H2,1H3,(H,15,16). The van der Waals surface area contributed by atoms with Crippen molar-refractivity contribution in [2.24, 2.45) is 0 Å². The number of ether oxygens (including phenoxy) is 1. The van der Waals surface area contributed by atoms with Crippen molar-refractivity contribution in [3.63, 3.8) is 0 Å². The second-order valence-electron chi connectivity index (χ2n) is 4.07. The number of hydrogen-bond donors (Lipinski definition) is 1. The number of hydrogen-bond acceptors (Lipinski definition) is 3. The monoisotopic (exact) mass is 299 g/mol. The van der Waals surface area contributed by atoms with Crippen LogP contribution in [0.4, 0.5) is 5.69 Å². The number of anilines is 1. The molecule has 17 heavy (non-hydrogen) atoms. The molecule has 92 valence electrons. The van der Waals surface area contributed by atoms with Crippen molar-refractivity contribution in [3.8, 4) is 0 Å². The average molecular weight is 300 g/mol. The molecule has 0 aromatic heterocycles. The van der Waals surface area contributed by atoms with Gasteiger partial charge in [0.25, 0.3) is 0 Å². The van der Waals surface area contributed by atoms with E-state index < -0.39 is 5.97 Å². The minimum atomic E-state index is -0.911. The molecule has 0 radical (unpaired) electrons. The summed E-state index contributed by atoms with van der Waals surface area (Å²) in [5.41, 5.74) is 1.07. The number of rotatable bonds is 2. The normalized spacial score (nSPS) is 20.4. The van der Waals surface area contributed by atoms with E-state index in [4.69, 9.17) is 4.74 Å². The highest BCUT2D eigenvalue weighted by molar-refractivity contribution is 9.10. The molecule has 1 saturated heterocycles. The first-order valence-electron chi connectivity index (χ1n) is 5.48.